The van der Waals surface area contributed by atoms with Gasteiger partial charge in [-0.25, -0.2) is 4.79 Å². The Balaban J connectivity index is 1.54. The molecule has 0 saturated carbocycles. The number of hydrogen-bond acceptors (Lipinski definition) is 4. The molecular formula is C18H20N4O2. The molecule has 3 rings (SSSR count). The Hall–Kier alpha value is -2.94. The minimum Gasteiger partial charge on any atom is -0.472 e. The number of carbonyl (C=O) groups is 1. The second-order valence-electron chi connectivity index (χ2n) is 5.78. The number of rotatable bonds is 3. The lowest BCUT2D eigenvalue weighted by Gasteiger charge is -2.24. The fraction of sp³-hybridized carbons (Fsp3) is 0.333. The standard InChI is InChI=1S/C18H20N4O2/c19-12-15-2-4-17(5-3-15)21-7-1-8-22(10-9-21)18(23)20-13-16-6-11-24-14-16/h2-6,11,14H,1,7-10,13H2,(H,20,23). The van der Waals surface area contributed by atoms with Crippen LogP contribution in [0.5, 0.6) is 0 Å². The van der Waals surface area contributed by atoms with Crippen molar-refractivity contribution in [2.45, 2.75) is 13.0 Å². The van der Waals surface area contributed by atoms with Crippen LogP contribution < -0.4 is 10.2 Å². The van der Waals surface area contributed by atoms with E-state index in [4.69, 9.17) is 9.68 Å². The third-order valence-corrected chi connectivity index (χ3v) is 4.17. The highest BCUT2D eigenvalue weighted by atomic mass is 16.3. The first-order valence-corrected chi connectivity index (χ1v) is 8.05. The van der Waals surface area contributed by atoms with E-state index in [9.17, 15) is 4.79 Å². The molecule has 0 atom stereocenters. The maximum Gasteiger partial charge on any atom is 0.317 e. The van der Waals surface area contributed by atoms with Crippen LogP contribution in [0.3, 0.4) is 0 Å². The van der Waals surface area contributed by atoms with Crippen molar-refractivity contribution >= 4 is 11.7 Å². The zero-order chi connectivity index (χ0) is 16.8. The van der Waals surface area contributed by atoms with E-state index >= 15 is 0 Å². The van der Waals surface area contributed by atoms with Crippen LogP contribution in [0.4, 0.5) is 10.5 Å². The highest BCUT2D eigenvalue weighted by Gasteiger charge is 2.19. The summed E-state index contributed by atoms with van der Waals surface area (Å²) in [4.78, 5) is 16.4. The average molecular weight is 324 g/mol. The fourth-order valence-electron chi connectivity index (χ4n) is 2.81. The van der Waals surface area contributed by atoms with Gasteiger partial charge in [0.15, 0.2) is 0 Å². The predicted molar refractivity (Wildman–Crippen MR) is 90.5 cm³/mol. The smallest absolute Gasteiger partial charge is 0.317 e. The second kappa shape index (κ2) is 7.55. The quantitative estimate of drug-likeness (QED) is 0.942. The highest BCUT2D eigenvalue weighted by molar-refractivity contribution is 5.74. The van der Waals surface area contributed by atoms with Crippen molar-refractivity contribution in [3.8, 4) is 6.07 Å². The van der Waals surface area contributed by atoms with E-state index in [-0.39, 0.29) is 6.03 Å². The number of hydrogen-bond donors (Lipinski definition) is 1. The molecule has 0 spiro atoms. The van der Waals surface area contributed by atoms with Crippen molar-refractivity contribution in [2.75, 3.05) is 31.1 Å². The number of furan rings is 1. The summed E-state index contributed by atoms with van der Waals surface area (Å²) in [5, 5.41) is 11.8. The van der Waals surface area contributed by atoms with E-state index in [1.54, 1.807) is 12.5 Å². The molecule has 1 aromatic heterocycles. The molecule has 1 fully saturated rings. The molecule has 1 saturated heterocycles. The Morgan fingerprint density at radius 2 is 2.00 bits per heavy atom. The maximum atomic E-state index is 12.3. The molecule has 1 aliphatic rings. The number of amides is 2. The number of nitrogens with zero attached hydrogens (tertiary/aromatic N) is 3. The van der Waals surface area contributed by atoms with E-state index in [0.717, 1.165) is 37.3 Å². The summed E-state index contributed by atoms with van der Waals surface area (Å²) >= 11 is 0. The van der Waals surface area contributed by atoms with Crippen molar-refractivity contribution in [1.82, 2.24) is 10.2 Å². The molecule has 0 aliphatic carbocycles. The number of nitriles is 1. The number of carbonyl (C=O) groups excluding carboxylic acids is 1. The van der Waals surface area contributed by atoms with Crippen LogP contribution in [0, 0.1) is 11.3 Å². The average Bonchev–Trinajstić information content (AvgIpc) is 3.02. The summed E-state index contributed by atoms with van der Waals surface area (Å²) in [5.41, 5.74) is 2.71. The third kappa shape index (κ3) is 3.87. The summed E-state index contributed by atoms with van der Waals surface area (Å²) in [6, 6.07) is 11.5. The Kier molecular flexibility index (Phi) is 5.02. The third-order valence-electron chi connectivity index (χ3n) is 4.17. The molecule has 1 aliphatic heterocycles. The molecule has 2 aromatic rings. The minimum atomic E-state index is -0.0436. The normalized spacial score (nSPS) is 14.8. The lowest BCUT2D eigenvalue weighted by molar-refractivity contribution is 0.201. The largest absolute Gasteiger partial charge is 0.472 e. The lowest BCUT2D eigenvalue weighted by atomic mass is 10.2. The van der Waals surface area contributed by atoms with Gasteiger partial charge in [0.25, 0.3) is 0 Å². The van der Waals surface area contributed by atoms with Crippen LogP contribution in [0.25, 0.3) is 0 Å². The molecule has 2 amide bonds. The first-order chi connectivity index (χ1) is 11.8. The molecular weight excluding hydrogens is 304 g/mol. The highest BCUT2D eigenvalue weighted by Crippen LogP contribution is 2.17. The monoisotopic (exact) mass is 324 g/mol. The van der Waals surface area contributed by atoms with Gasteiger partial charge < -0.3 is 19.5 Å². The lowest BCUT2D eigenvalue weighted by Crippen LogP contribution is -2.41. The van der Waals surface area contributed by atoms with Crippen molar-refractivity contribution in [3.63, 3.8) is 0 Å². The molecule has 0 unspecified atom stereocenters. The van der Waals surface area contributed by atoms with Gasteiger partial charge in [-0.1, -0.05) is 0 Å². The van der Waals surface area contributed by atoms with Gasteiger partial charge in [0, 0.05) is 44.0 Å². The zero-order valence-electron chi connectivity index (χ0n) is 13.4. The molecule has 1 aromatic carbocycles. The van der Waals surface area contributed by atoms with E-state index in [1.165, 1.54) is 0 Å². The Labute approximate surface area is 141 Å². The van der Waals surface area contributed by atoms with Gasteiger partial charge >= 0.3 is 6.03 Å². The summed E-state index contributed by atoms with van der Waals surface area (Å²) in [6.07, 6.45) is 4.15. The number of nitrogens with one attached hydrogen (secondary N) is 1. The first-order valence-electron chi connectivity index (χ1n) is 8.05. The van der Waals surface area contributed by atoms with E-state index < -0.39 is 0 Å². The molecule has 2 heterocycles. The maximum absolute atomic E-state index is 12.3. The van der Waals surface area contributed by atoms with Crippen LogP contribution in [-0.4, -0.2) is 37.1 Å². The van der Waals surface area contributed by atoms with Crippen LogP contribution in [-0.2, 0) is 6.54 Å². The van der Waals surface area contributed by atoms with Gasteiger partial charge in [0.05, 0.1) is 24.2 Å². The molecule has 0 bridgehead atoms. The molecule has 6 nitrogen and oxygen atoms in total. The SMILES string of the molecule is N#Cc1ccc(N2CCCN(C(=O)NCc3ccoc3)CC2)cc1. The molecule has 124 valence electrons. The van der Waals surface area contributed by atoms with Crippen LogP contribution in [0.2, 0.25) is 0 Å². The molecule has 0 radical (unpaired) electrons. The van der Waals surface area contributed by atoms with E-state index in [0.29, 0.717) is 18.7 Å². The summed E-state index contributed by atoms with van der Waals surface area (Å²) in [5.74, 6) is 0. The molecule has 6 heteroatoms. The number of urea groups is 1. The Bertz CT molecular complexity index is 704. The Morgan fingerprint density at radius 1 is 1.17 bits per heavy atom. The van der Waals surface area contributed by atoms with Crippen LogP contribution >= 0.6 is 0 Å². The zero-order valence-corrected chi connectivity index (χ0v) is 13.4. The van der Waals surface area contributed by atoms with E-state index in [2.05, 4.69) is 16.3 Å². The van der Waals surface area contributed by atoms with Crippen molar-refractivity contribution < 1.29 is 9.21 Å². The summed E-state index contributed by atoms with van der Waals surface area (Å²) < 4.78 is 5.00. The summed E-state index contributed by atoms with van der Waals surface area (Å²) in [6.45, 7) is 3.58. The van der Waals surface area contributed by atoms with Crippen LogP contribution in [0.1, 0.15) is 17.5 Å². The van der Waals surface area contributed by atoms with Crippen molar-refractivity contribution in [2.24, 2.45) is 0 Å². The number of benzene rings is 1. The topological polar surface area (TPSA) is 72.5 Å². The Morgan fingerprint density at radius 3 is 2.71 bits per heavy atom. The van der Waals surface area contributed by atoms with Gasteiger partial charge in [0.1, 0.15) is 0 Å². The molecule has 1 N–H and O–H groups in total. The van der Waals surface area contributed by atoms with Crippen LogP contribution in [0.15, 0.2) is 47.3 Å². The predicted octanol–water partition coefficient (Wildman–Crippen LogP) is 2.57. The second-order valence-corrected chi connectivity index (χ2v) is 5.78. The first kappa shape index (κ1) is 15.9. The van der Waals surface area contributed by atoms with Gasteiger partial charge in [-0.15, -0.1) is 0 Å². The molecule has 24 heavy (non-hydrogen) atoms. The van der Waals surface area contributed by atoms with Gasteiger partial charge in [-0.3, -0.25) is 0 Å². The van der Waals surface area contributed by atoms with Crippen molar-refractivity contribution in [1.29, 1.82) is 5.26 Å². The minimum absolute atomic E-state index is 0.0436. The van der Waals surface area contributed by atoms with Crippen molar-refractivity contribution in [3.05, 3.63) is 54.0 Å². The van der Waals surface area contributed by atoms with Gasteiger partial charge in [0.2, 0.25) is 0 Å². The number of anilines is 1. The fourth-order valence-corrected chi connectivity index (χ4v) is 2.81. The van der Waals surface area contributed by atoms with Gasteiger partial charge in [-0.2, -0.15) is 5.26 Å². The summed E-state index contributed by atoms with van der Waals surface area (Å²) in [7, 11) is 0. The van der Waals surface area contributed by atoms with Gasteiger partial charge in [-0.05, 0) is 36.8 Å². The van der Waals surface area contributed by atoms with E-state index in [1.807, 2.05) is 35.2 Å².